The molecular formula is C25H24N2O3. The maximum atomic E-state index is 13.4. The Bertz CT molecular complexity index is 1090. The molecule has 0 saturated heterocycles. The number of ether oxygens (including phenoxy) is 1. The summed E-state index contributed by atoms with van der Waals surface area (Å²) in [6.07, 6.45) is 1.28. The average Bonchev–Trinajstić information content (AvgIpc) is 2.72. The number of methoxy groups -OCH3 is 1. The lowest BCUT2D eigenvalue weighted by Gasteiger charge is -2.43. The molecule has 2 aromatic carbocycles. The van der Waals surface area contributed by atoms with Crippen molar-refractivity contribution >= 4 is 17.4 Å². The number of nitriles is 1. The molecule has 5 nitrogen and oxygen atoms in total. The maximum absolute atomic E-state index is 13.4. The molecule has 2 aromatic rings. The Labute approximate surface area is 176 Å². The molecule has 0 N–H and O–H groups in total. The smallest absolute Gasteiger partial charge is 0.232 e. The minimum Gasteiger partial charge on any atom is -0.496 e. The molecule has 0 bridgehead atoms. The van der Waals surface area contributed by atoms with Gasteiger partial charge in [0.1, 0.15) is 5.75 Å². The fraction of sp³-hybridized carbons (Fsp3) is 0.320. The average molecular weight is 400 g/mol. The summed E-state index contributed by atoms with van der Waals surface area (Å²) >= 11 is 0. The molecule has 1 unspecified atom stereocenters. The molecule has 1 heterocycles. The predicted octanol–water partition coefficient (Wildman–Crippen LogP) is 4.73. The van der Waals surface area contributed by atoms with Gasteiger partial charge in [-0.2, -0.15) is 5.26 Å². The van der Waals surface area contributed by atoms with E-state index >= 15 is 0 Å². The molecule has 0 radical (unpaired) electrons. The third kappa shape index (κ3) is 3.39. The lowest BCUT2D eigenvalue weighted by atomic mass is 9.69. The van der Waals surface area contributed by atoms with Gasteiger partial charge >= 0.3 is 0 Å². The Hall–Kier alpha value is -3.39. The number of ketones is 1. The topological polar surface area (TPSA) is 70.4 Å². The van der Waals surface area contributed by atoms with Crippen LogP contribution in [0.1, 0.15) is 50.2 Å². The van der Waals surface area contributed by atoms with Gasteiger partial charge in [0.2, 0.25) is 5.91 Å². The normalized spacial score (nSPS) is 20.6. The van der Waals surface area contributed by atoms with Gasteiger partial charge in [-0.3, -0.25) is 14.5 Å². The van der Waals surface area contributed by atoms with E-state index in [4.69, 9.17) is 10.00 Å². The SMILES string of the molecule is COc1ccccc1C1CC(=O)N(c2ccc(C#N)cc2)C2=C1C(=O)CC(C)(C)C2. The van der Waals surface area contributed by atoms with Crippen molar-refractivity contribution in [3.8, 4) is 11.8 Å². The zero-order valence-electron chi connectivity index (χ0n) is 17.4. The molecule has 0 fully saturated rings. The van der Waals surface area contributed by atoms with Crippen LogP contribution in [0.3, 0.4) is 0 Å². The highest BCUT2D eigenvalue weighted by Gasteiger charge is 2.44. The van der Waals surface area contributed by atoms with Gasteiger partial charge in [-0.1, -0.05) is 32.0 Å². The third-order valence-corrected chi connectivity index (χ3v) is 5.91. The summed E-state index contributed by atoms with van der Waals surface area (Å²) in [7, 11) is 1.60. The number of Topliss-reactive ketones (excluding diaryl/α,β-unsaturated/α-hetero) is 1. The summed E-state index contributed by atoms with van der Waals surface area (Å²) in [5, 5.41) is 9.10. The van der Waals surface area contributed by atoms with E-state index in [1.807, 2.05) is 24.3 Å². The Morgan fingerprint density at radius 1 is 1.07 bits per heavy atom. The number of carbonyl (C=O) groups is 2. The van der Waals surface area contributed by atoms with Crippen LogP contribution in [0.2, 0.25) is 0 Å². The summed E-state index contributed by atoms with van der Waals surface area (Å²) in [5.74, 6) is 0.400. The molecule has 1 atom stereocenters. The highest BCUT2D eigenvalue weighted by molar-refractivity contribution is 6.08. The summed E-state index contributed by atoms with van der Waals surface area (Å²) in [6.45, 7) is 4.12. The van der Waals surface area contributed by atoms with Gasteiger partial charge in [0, 0.05) is 41.3 Å². The first-order valence-corrected chi connectivity index (χ1v) is 10.1. The van der Waals surface area contributed by atoms with Crippen molar-refractivity contribution in [1.29, 1.82) is 5.26 Å². The lowest BCUT2D eigenvalue weighted by Crippen LogP contribution is -2.43. The molecule has 5 heteroatoms. The van der Waals surface area contributed by atoms with E-state index < -0.39 is 0 Å². The number of para-hydroxylation sites is 1. The Kier molecular flexibility index (Phi) is 4.95. The molecule has 2 aliphatic rings. The summed E-state index contributed by atoms with van der Waals surface area (Å²) in [5.41, 5.74) is 3.34. The standard InChI is InChI=1S/C25H24N2O3/c1-25(2)13-20-24(21(28)14-25)19(18-6-4-5-7-22(18)30-3)12-23(29)27(20)17-10-8-16(15-26)9-11-17/h4-11,19H,12-14H2,1-3H3. The zero-order valence-corrected chi connectivity index (χ0v) is 17.4. The molecule has 1 aliphatic heterocycles. The highest BCUT2D eigenvalue weighted by atomic mass is 16.5. The third-order valence-electron chi connectivity index (χ3n) is 5.91. The largest absolute Gasteiger partial charge is 0.496 e. The van der Waals surface area contributed by atoms with Crippen LogP contribution < -0.4 is 9.64 Å². The summed E-state index contributed by atoms with van der Waals surface area (Å²) in [6, 6.07) is 16.6. The molecule has 4 rings (SSSR count). The molecule has 1 amide bonds. The van der Waals surface area contributed by atoms with Gasteiger partial charge in [0.25, 0.3) is 0 Å². The van der Waals surface area contributed by atoms with Gasteiger partial charge < -0.3 is 4.74 Å². The summed E-state index contributed by atoms with van der Waals surface area (Å²) < 4.78 is 5.54. The molecule has 0 aromatic heterocycles. The first-order valence-electron chi connectivity index (χ1n) is 10.1. The fourth-order valence-electron chi connectivity index (χ4n) is 4.62. The van der Waals surface area contributed by atoms with Gasteiger partial charge in [-0.25, -0.2) is 0 Å². The van der Waals surface area contributed by atoms with Crippen molar-refractivity contribution in [2.75, 3.05) is 12.0 Å². The number of benzene rings is 2. The zero-order chi connectivity index (χ0) is 21.5. The number of hydrogen-bond donors (Lipinski definition) is 0. The van der Waals surface area contributed by atoms with Crippen LogP contribution in [-0.2, 0) is 9.59 Å². The van der Waals surface area contributed by atoms with Crippen molar-refractivity contribution in [2.24, 2.45) is 5.41 Å². The minimum atomic E-state index is -0.318. The second-order valence-corrected chi connectivity index (χ2v) is 8.69. The number of rotatable bonds is 3. The molecule has 0 spiro atoms. The second-order valence-electron chi connectivity index (χ2n) is 8.69. The molecular weight excluding hydrogens is 376 g/mol. The first-order chi connectivity index (χ1) is 14.3. The first kappa shape index (κ1) is 19.9. The van der Waals surface area contributed by atoms with Gasteiger partial charge in [-0.05, 0) is 42.2 Å². The lowest BCUT2D eigenvalue weighted by molar-refractivity contribution is -0.121. The number of nitrogens with zero attached hydrogens (tertiary/aromatic N) is 2. The van der Waals surface area contributed by atoms with Crippen LogP contribution in [0.15, 0.2) is 59.8 Å². The number of carbonyl (C=O) groups excluding carboxylic acids is 2. The van der Waals surface area contributed by atoms with Crippen LogP contribution in [0, 0.1) is 16.7 Å². The van der Waals surface area contributed by atoms with E-state index in [1.165, 1.54) is 0 Å². The quantitative estimate of drug-likeness (QED) is 0.747. The Morgan fingerprint density at radius 2 is 1.77 bits per heavy atom. The van der Waals surface area contributed by atoms with Crippen molar-refractivity contribution in [3.05, 3.63) is 70.9 Å². The molecule has 0 saturated carbocycles. The molecule has 30 heavy (non-hydrogen) atoms. The number of hydrogen-bond acceptors (Lipinski definition) is 4. The van der Waals surface area contributed by atoms with E-state index in [2.05, 4.69) is 19.9 Å². The maximum Gasteiger partial charge on any atom is 0.232 e. The predicted molar refractivity (Wildman–Crippen MR) is 114 cm³/mol. The monoisotopic (exact) mass is 400 g/mol. The van der Waals surface area contributed by atoms with Crippen molar-refractivity contribution in [1.82, 2.24) is 0 Å². The van der Waals surface area contributed by atoms with Crippen LogP contribution in [0.5, 0.6) is 5.75 Å². The Morgan fingerprint density at radius 3 is 2.43 bits per heavy atom. The van der Waals surface area contributed by atoms with Crippen molar-refractivity contribution in [2.45, 2.75) is 39.0 Å². The number of amides is 1. The highest BCUT2D eigenvalue weighted by Crippen LogP contribution is 2.49. The number of allylic oxidation sites excluding steroid dienone is 2. The number of anilines is 1. The van der Waals surface area contributed by atoms with Crippen LogP contribution in [-0.4, -0.2) is 18.8 Å². The van der Waals surface area contributed by atoms with Crippen LogP contribution in [0.25, 0.3) is 0 Å². The van der Waals surface area contributed by atoms with Crippen LogP contribution >= 0.6 is 0 Å². The van der Waals surface area contributed by atoms with E-state index in [0.717, 1.165) is 11.3 Å². The van der Waals surface area contributed by atoms with Gasteiger partial charge in [-0.15, -0.1) is 0 Å². The molecule has 1 aliphatic carbocycles. The summed E-state index contributed by atoms with van der Waals surface area (Å²) in [4.78, 5) is 28.4. The fourth-order valence-corrected chi connectivity index (χ4v) is 4.62. The van der Waals surface area contributed by atoms with Crippen molar-refractivity contribution < 1.29 is 14.3 Å². The Balaban J connectivity index is 1.90. The van der Waals surface area contributed by atoms with Crippen molar-refractivity contribution in [3.63, 3.8) is 0 Å². The minimum absolute atomic E-state index is 0.0557. The van der Waals surface area contributed by atoms with E-state index in [9.17, 15) is 9.59 Å². The molecule has 152 valence electrons. The van der Waals surface area contributed by atoms with Gasteiger partial charge in [0.05, 0.1) is 18.7 Å². The van der Waals surface area contributed by atoms with Crippen LogP contribution in [0.4, 0.5) is 5.69 Å². The van der Waals surface area contributed by atoms with E-state index in [-0.39, 0.29) is 29.4 Å². The van der Waals surface area contributed by atoms with Gasteiger partial charge in [0.15, 0.2) is 5.78 Å². The second kappa shape index (κ2) is 7.46. The van der Waals surface area contributed by atoms with E-state index in [0.29, 0.717) is 35.4 Å². The van der Waals surface area contributed by atoms with E-state index in [1.54, 1.807) is 36.3 Å².